The zero-order valence-corrected chi connectivity index (χ0v) is 20.5. The number of benzene rings is 1. The molecule has 1 fully saturated rings. The van der Waals surface area contributed by atoms with Gasteiger partial charge in [0.25, 0.3) is 0 Å². The topological polar surface area (TPSA) is 69.2 Å². The van der Waals surface area contributed by atoms with Crippen LogP contribution in [0, 0.1) is 6.92 Å². The smallest absolute Gasteiger partial charge is 0.227 e. The molecule has 1 saturated heterocycles. The minimum absolute atomic E-state index is 0.488. The number of aromatic nitrogens is 3. The summed E-state index contributed by atoms with van der Waals surface area (Å²) in [6.07, 6.45) is 3.57. The largest absolute Gasteiger partial charge is 0.355 e. The molecule has 5 rings (SSSR count). The molecule has 33 heavy (non-hydrogen) atoms. The molecule has 0 bridgehead atoms. The van der Waals surface area contributed by atoms with Crippen LogP contribution in [0.4, 0.5) is 23.1 Å². The van der Waals surface area contributed by atoms with E-state index in [1.54, 1.807) is 0 Å². The van der Waals surface area contributed by atoms with Gasteiger partial charge < -0.3 is 20.4 Å². The van der Waals surface area contributed by atoms with Crippen LogP contribution in [0.2, 0.25) is 5.02 Å². The molecule has 7 nitrogen and oxygen atoms in total. The first-order valence-corrected chi connectivity index (χ1v) is 11.8. The van der Waals surface area contributed by atoms with Gasteiger partial charge in [0.15, 0.2) is 0 Å². The monoisotopic (exact) mass is 479 g/mol. The Bertz CT molecular complexity index is 1230. The quantitative estimate of drug-likeness (QED) is 0.523. The molecule has 2 aliphatic rings. The lowest BCUT2D eigenvalue weighted by molar-refractivity contribution is 0.409. The van der Waals surface area contributed by atoms with Gasteiger partial charge in [-0.2, -0.15) is 0 Å². The summed E-state index contributed by atoms with van der Waals surface area (Å²) in [5, 5.41) is 7.27. The summed E-state index contributed by atoms with van der Waals surface area (Å²) in [4.78, 5) is 19.6. The summed E-state index contributed by atoms with van der Waals surface area (Å²) >= 11 is 11.7. The lowest BCUT2D eigenvalue weighted by atomic mass is 10.1. The number of rotatable bonds is 4. The lowest BCUT2D eigenvalue weighted by Gasteiger charge is -2.26. The number of aryl methyl sites for hydroxylation is 1. The number of thiocarbonyl (C=S) groups is 1. The number of halogens is 1. The molecule has 2 aromatic heterocycles. The van der Waals surface area contributed by atoms with Crippen molar-refractivity contribution in [3.8, 4) is 11.3 Å². The molecule has 1 unspecified atom stereocenters. The van der Waals surface area contributed by atoms with Crippen LogP contribution in [0.5, 0.6) is 0 Å². The van der Waals surface area contributed by atoms with Crippen LogP contribution in [-0.2, 0) is 6.42 Å². The minimum Gasteiger partial charge on any atom is -0.355 e. The van der Waals surface area contributed by atoms with Crippen LogP contribution in [-0.4, -0.2) is 58.1 Å². The summed E-state index contributed by atoms with van der Waals surface area (Å²) in [7, 11) is 4.28. The fourth-order valence-electron chi connectivity index (χ4n) is 4.44. The number of likely N-dealkylation sites (tertiary alicyclic amines) is 1. The maximum atomic E-state index is 6.20. The maximum absolute atomic E-state index is 6.20. The second-order valence-corrected chi connectivity index (χ2v) is 9.65. The zero-order chi connectivity index (χ0) is 23.1. The lowest BCUT2D eigenvalue weighted by Crippen LogP contribution is -2.34. The van der Waals surface area contributed by atoms with Crippen LogP contribution >= 0.6 is 23.8 Å². The number of hydrogen-bond donors (Lipinski definition) is 2. The molecule has 0 radical (unpaired) electrons. The molecule has 170 valence electrons. The molecule has 9 heteroatoms. The van der Waals surface area contributed by atoms with Crippen molar-refractivity contribution in [1.29, 1.82) is 0 Å². The summed E-state index contributed by atoms with van der Waals surface area (Å²) in [6.45, 7) is 4.19. The van der Waals surface area contributed by atoms with Crippen molar-refractivity contribution in [3.05, 3.63) is 52.8 Å². The van der Waals surface area contributed by atoms with E-state index < -0.39 is 0 Å². The van der Waals surface area contributed by atoms with Gasteiger partial charge in [-0.05, 0) is 57.3 Å². The van der Waals surface area contributed by atoms with Gasteiger partial charge in [0, 0.05) is 54.1 Å². The van der Waals surface area contributed by atoms with E-state index >= 15 is 0 Å². The highest BCUT2D eigenvalue weighted by atomic mass is 35.5. The number of fused-ring (bicyclic) bond motifs is 3. The normalized spacial score (nSPS) is 17.7. The molecule has 0 amide bonds. The fraction of sp³-hybridized carbons (Fsp3) is 0.333. The van der Waals surface area contributed by atoms with Crippen molar-refractivity contribution in [2.75, 3.05) is 42.7 Å². The molecule has 1 atom stereocenters. The first kappa shape index (κ1) is 22.0. The Balaban J connectivity index is 1.42. The molecule has 0 aliphatic carbocycles. The predicted molar refractivity (Wildman–Crippen MR) is 139 cm³/mol. The Morgan fingerprint density at radius 1 is 1.24 bits per heavy atom. The molecule has 0 saturated carbocycles. The maximum Gasteiger partial charge on any atom is 0.227 e. The Morgan fingerprint density at radius 3 is 2.85 bits per heavy atom. The summed E-state index contributed by atoms with van der Waals surface area (Å²) in [6, 6.07) is 10.3. The van der Waals surface area contributed by atoms with E-state index in [2.05, 4.69) is 45.6 Å². The van der Waals surface area contributed by atoms with E-state index in [1.165, 1.54) is 0 Å². The molecule has 0 spiro atoms. The SMILES string of the molecule is Cc1nc(N(C)C2CCN(C)C2)ccc1Nc1ncc2c(n1)-c1ccc(Cl)cc1NC(=S)C2. The van der Waals surface area contributed by atoms with E-state index in [0.29, 0.717) is 23.4 Å². The number of likely N-dealkylation sites (N-methyl/N-ethyl adjacent to an activating group) is 2. The van der Waals surface area contributed by atoms with Gasteiger partial charge in [-0.25, -0.2) is 15.0 Å². The molecular weight excluding hydrogens is 454 g/mol. The van der Waals surface area contributed by atoms with Gasteiger partial charge in [-0.3, -0.25) is 0 Å². The molecule has 3 aromatic rings. The number of pyridine rings is 1. The Morgan fingerprint density at radius 2 is 2.09 bits per heavy atom. The van der Waals surface area contributed by atoms with Crippen LogP contribution in [0.25, 0.3) is 11.3 Å². The van der Waals surface area contributed by atoms with Gasteiger partial charge in [0.2, 0.25) is 5.95 Å². The number of nitrogens with one attached hydrogen (secondary N) is 2. The minimum atomic E-state index is 0.488. The van der Waals surface area contributed by atoms with Crippen LogP contribution < -0.4 is 15.5 Å². The van der Waals surface area contributed by atoms with Gasteiger partial charge in [-0.15, -0.1) is 0 Å². The first-order chi connectivity index (χ1) is 15.9. The second kappa shape index (κ2) is 8.85. The predicted octanol–water partition coefficient (Wildman–Crippen LogP) is 4.68. The van der Waals surface area contributed by atoms with Crippen molar-refractivity contribution in [2.45, 2.75) is 25.8 Å². The summed E-state index contributed by atoms with van der Waals surface area (Å²) < 4.78 is 0. The van der Waals surface area contributed by atoms with Crippen LogP contribution in [0.15, 0.2) is 36.5 Å². The van der Waals surface area contributed by atoms with E-state index in [0.717, 1.165) is 64.2 Å². The highest BCUT2D eigenvalue weighted by molar-refractivity contribution is 7.80. The standard InChI is InChI=1S/C24H26ClN7S/c1-14-19(6-7-21(27-14)32(3)17-8-9-31(2)13-17)29-24-26-12-15-10-22(33)28-20-11-16(25)4-5-18(20)23(15)30-24/h4-7,11-12,17H,8-10,13H2,1-3H3,(H,28,33)(H,26,29,30). The van der Waals surface area contributed by atoms with Crippen molar-refractivity contribution >= 4 is 51.9 Å². The third-order valence-corrected chi connectivity index (χ3v) is 6.80. The third kappa shape index (κ3) is 4.51. The highest BCUT2D eigenvalue weighted by Gasteiger charge is 2.24. The average molecular weight is 480 g/mol. The number of anilines is 4. The highest BCUT2D eigenvalue weighted by Crippen LogP contribution is 2.35. The average Bonchev–Trinajstić information content (AvgIpc) is 3.16. The molecule has 2 aliphatic heterocycles. The Kier molecular flexibility index (Phi) is 5.90. The van der Waals surface area contributed by atoms with Crippen molar-refractivity contribution in [1.82, 2.24) is 19.9 Å². The van der Waals surface area contributed by atoms with E-state index in [1.807, 2.05) is 37.4 Å². The Hall–Kier alpha value is -2.81. The summed E-state index contributed by atoms with van der Waals surface area (Å²) in [5.74, 6) is 1.50. The number of hydrogen-bond acceptors (Lipinski definition) is 7. The summed E-state index contributed by atoms with van der Waals surface area (Å²) in [5.41, 5.74) is 5.42. The van der Waals surface area contributed by atoms with Gasteiger partial charge in [0.05, 0.1) is 22.1 Å². The van der Waals surface area contributed by atoms with Crippen molar-refractivity contribution < 1.29 is 0 Å². The third-order valence-electron chi connectivity index (χ3n) is 6.32. The molecule has 4 heterocycles. The van der Waals surface area contributed by atoms with Crippen LogP contribution in [0.3, 0.4) is 0 Å². The molecular formula is C24H26ClN7S. The molecule has 2 N–H and O–H groups in total. The van der Waals surface area contributed by atoms with E-state index in [9.17, 15) is 0 Å². The van der Waals surface area contributed by atoms with E-state index in [4.69, 9.17) is 33.8 Å². The zero-order valence-electron chi connectivity index (χ0n) is 18.9. The molecule has 1 aromatic carbocycles. The number of nitrogens with zero attached hydrogens (tertiary/aromatic N) is 5. The van der Waals surface area contributed by atoms with Gasteiger partial charge in [-0.1, -0.05) is 23.8 Å². The van der Waals surface area contributed by atoms with Gasteiger partial charge >= 0.3 is 0 Å². The van der Waals surface area contributed by atoms with Crippen LogP contribution in [0.1, 0.15) is 17.7 Å². The van der Waals surface area contributed by atoms with Gasteiger partial charge in [0.1, 0.15) is 5.82 Å². The van der Waals surface area contributed by atoms with E-state index in [-0.39, 0.29) is 0 Å². The van der Waals surface area contributed by atoms with Crippen molar-refractivity contribution in [2.24, 2.45) is 0 Å². The Labute approximate surface area is 204 Å². The second-order valence-electron chi connectivity index (χ2n) is 8.73. The fourth-order valence-corrected chi connectivity index (χ4v) is 4.87. The first-order valence-electron chi connectivity index (χ1n) is 11.0. The van der Waals surface area contributed by atoms with Crippen molar-refractivity contribution in [3.63, 3.8) is 0 Å².